The monoisotopic (exact) mass is 242 g/mol. The van der Waals surface area contributed by atoms with Crippen molar-refractivity contribution < 1.29 is 4.92 Å². The van der Waals surface area contributed by atoms with Crippen molar-refractivity contribution in [1.29, 1.82) is 0 Å². The number of hydrogen-bond donors (Lipinski definition) is 1. The van der Waals surface area contributed by atoms with Gasteiger partial charge in [-0.3, -0.25) is 10.1 Å². The highest BCUT2D eigenvalue weighted by Crippen LogP contribution is 2.32. The van der Waals surface area contributed by atoms with Crippen LogP contribution in [0.5, 0.6) is 0 Å². The maximum absolute atomic E-state index is 10.4. The zero-order chi connectivity index (χ0) is 10.2. The Bertz CT molecular complexity index is 311. The summed E-state index contributed by atoms with van der Waals surface area (Å²) in [6.07, 6.45) is 2.28. The Labute approximate surface area is 89.1 Å². The quantitative estimate of drug-likeness (QED) is 0.330. The summed E-state index contributed by atoms with van der Waals surface area (Å²) in [6, 6.07) is 0. The molecule has 0 heterocycles. The lowest BCUT2D eigenvalue weighted by atomic mass is 10.1. The van der Waals surface area contributed by atoms with E-state index in [1.165, 1.54) is 6.08 Å². The Morgan fingerprint density at radius 1 is 1.69 bits per heavy atom. The first-order chi connectivity index (χ1) is 5.84. The minimum absolute atomic E-state index is 0.0493. The number of alkyl halides is 2. The lowest BCUT2D eigenvalue weighted by Gasteiger charge is -2.24. The first kappa shape index (κ1) is 10.8. The van der Waals surface area contributed by atoms with E-state index in [2.05, 4.69) is 0 Å². The summed E-state index contributed by atoms with van der Waals surface area (Å²) in [5.41, 5.74) is 5.14. The second kappa shape index (κ2) is 3.46. The van der Waals surface area contributed by atoms with E-state index in [0.717, 1.165) is 6.08 Å². The third-order valence-corrected chi connectivity index (χ3v) is 2.78. The van der Waals surface area contributed by atoms with Crippen LogP contribution < -0.4 is 5.73 Å². The Morgan fingerprint density at radius 2 is 2.23 bits per heavy atom. The van der Waals surface area contributed by atoms with Crippen LogP contribution in [-0.2, 0) is 0 Å². The summed E-state index contributed by atoms with van der Waals surface area (Å²) in [5, 5.41) is 9.61. The number of nitrogens with zero attached hydrogens (tertiary/aromatic N) is 1. The normalized spacial score (nSPS) is 33.7. The van der Waals surface area contributed by atoms with Crippen molar-refractivity contribution in [2.45, 2.75) is 10.4 Å². The van der Waals surface area contributed by atoms with Crippen molar-refractivity contribution in [3.05, 3.63) is 33.0 Å². The molecule has 0 fully saturated rings. The van der Waals surface area contributed by atoms with Crippen molar-refractivity contribution in [2.24, 2.45) is 5.73 Å². The standard InChI is InChI=1S/C6H5Cl3N2O2/c7-3-1-5(8)6(9,10)2-4(3)11(12)13/h1-2,5H,10H2. The molecule has 0 spiro atoms. The fourth-order valence-electron chi connectivity index (χ4n) is 0.840. The highest BCUT2D eigenvalue weighted by Gasteiger charge is 2.37. The predicted molar refractivity (Wildman–Crippen MR) is 51.4 cm³/mol. The van der Waals surface area contributed by atoms with Gasteiger partial charge in [0, 0.05) is 6.08 Å². The lowest BCUT2D eigenvalue weighted by Crippen LogP contribution is -2.42. The van der Waals surface area contributed by atoms with Crippen LogP contribution >= 0.6 is 34.8 Å². The minimum Gasteiger partial charge on any atom is -0.308 e. The molecule has 0 saturated heterocycles. The predicted octanol–water partition coefficient (Wildman–Crippen LogP) is 1.78. The SMILES string of the molecule is NC1(Cl)C=C([N+](=O)[O-])C(Cl)=CC1Cl. The molecule has 2 unspecified atom stereocenters. The van der Waals surface area contributed by atoms with Gasteiger partial charge in [-0.15, -0.1) is 11.6 Å². The smallest absolute Gasteiger partial charge is 0.286 e. The van der Waals surface area contributed by atoms with Crippen LogP contribution in [0, 0.1) is 10.1 Å². The Morgan fingerprint density at radius 3 is 2.69 bits per heavy atom. The summed E-state index contributed by atoms with van der Waals surface area (Å²) in [5.74, 6) is 0. The molecule has 7 heteroatoms. The Kier molecular flexibility index (Phi) is 2.87. The van der Waals surface area contributed by atoms with Gasteiger partial charge in [-0.05, 0) is 6.08 Å². The zero-order valence-electron chi connectivity index (χ0n) is 6.21. The van der Waals surface area contributed by atoms with Crippen LogP contribution in [0.1, 0.15) is 0 Å². The fraction of sp³-hybridized carbons (Fsp3) is 0.333. The number of nitro groups is 1. The third kappa shape index (κ3) is 2.14. The lowest BCUT2D eigenvalue weighted by molar-refractivity contribution is -0.420. The van der Waals surface area contributed by atoms with Gasteiger partial charge >= 0.3 is 0 Å². The van der Waals surface area contributed by atoms with Crippen LogP contribution in [0.25, 0.3) is 0 Å². The summed E-state index contributed by atoms with van der Waals surface area (Å²) in [4.78, 5) is 8.30. The second-order valence-electron chi connectivity index (χ2n) is 2.53. The van der Waals surface area contributed by atoms with Crippen molar-refractivity contribution in [2.75, 3.05) is 0 Å². The summed E-state index contributed by atoms with van der Waals surface area (Å²) < 4.78 is 0. The van der Waals surface area contributed by atoms with E-state index in [0.29, 0.717) is 0 Å². The van der Waals surface area contributed by atoms with E-state index >= 15 is 0 Å². The summed E-state index contributed by atoms with van der Waals surface area (Å²) in [6.45, 7) is 0. The highest BCUT2D eigenvalue weighted by atomic mass is 35.5. The number of rotatable bonds is 1. The molecule has 13 heavy (non-hydrogen) atoms. The first-order valence-electron chi connectivity index (χ1n) is 3.21. The van der Waals surface area contributed by atoms with Gasteiger partial charge in [-0.25, -0.2) is 0 Å². The molecule has 0 radical (unpaired) electrons. The first-order valence-corrected chi connectivity index (χ1v) is 4.40. The molecule has 1 rings (SSSR count). The molecule has 0 aliphatic heterocycles. The molecular formula is C6H5Cl3N2O2. The molecular weight excluding hydrogens is 238 g/mol. The molecule has 2 N–H and O–H groups in total. The van der Waals surface area contributed by atoms with E-state index in [1.807, 2.05) is 0 Å². The van der Waals surface area contributed by atoms with E-state index < -0.39 is 15.3 Å². The van der Waals surface area contributed by atoms with E-state index in [1.54, 1.807) is 0 Å². The van der Waals surface area contributed by atoms with Gasteiger partial charge in [0.1, 0.15) is 10.0 Å². The van der Waals surface area contributed by atoms with Crippen molar-refractivity contribution >= 4 is 34.8 Å². The largest absolute Gasteiger partial charge is 0.308 e. The van der Waals surface area contributed by atoms with Crippen LogP contribution in [0.3, 0.4) is 0 Å². The fourth-order valence-corrected chi connectivity index (χ4v) is 1.51. The molecule has 4 nitrogen and oxygen atoms in total. The van der Waals surface area contributed by atoms with Gasteiger partial charge in [0.25, 0.3) is 5.70 Å². The van der Waals surface area contributed by atoms with Gasteiger partial charge in [0.05, 0.1) is 10.3 Å². The number of nitrogens with two attached hydrogens (primary N) is 1. The molecule has 2 atom stereocenters. The molecule has 0 amide bonds. The molecule has 0 bridgehead atoms. The van der Waals surface area contributed by atoms with Crippen LogP contribution in [0.2, 0.25) is 0 Å². The van der Waals surface area contributed by atoms with E-state index in [-0.39, 0.29) is 10.7 Å². The average Bonchev–Trinajstić information content (AvgIpc) is 1.97. The Hall–Kier alpha value is -0.290. The highest BCUT2D eigenvalue weighted by molar-refractivity contribution is 6.37. The topological polar surface area (TPSA) is 69.2 Å². The van der Waals surface area contributed by atoms with Gasteiger partial charge < -0.3 is 5.73 Å². The van der Waals surface area contributed by atoms with Crippen molar-refractivity contribution in [3.8, 4) is 0 Å². The number of halogens is 3. The van der Waals surface area contributed by atoms with Crippen LogP contribution in [0.4, 0.5) is 0 Å². The van der Waals surface area contributed by atoms with Gasteiger partial charge in [0.15, 0.2) is 0 Å². The number of allylic oxidation sites excluding steroid dienone is 1. The Balaban J connectivity index is 3.11. The molecule has 0 aromatic carbocycles. The minimum atomic E-state index is -1.46. The molecule has 0 saturated carbocycles. The third-order valence-electron chi connectivity index (χ3n) is 1.51. The molecule has 0 aromatic rings. The molecule has 1 aliphatic rings. The van der Waals surface area contributed by atoms with E-state index in [9.17, 15) is 10.1 Å². The van der Waals surface area contributed by atoms with Crippen LogP contribution in [0.15, 0.2) is 22.9 Å². The molecule has 1 aliphatic carbocycles. The molecule has 72 valence electrons. The van der Waals surface area contributed by atoms with Gasteiger partial charge in [-0.1, -0.05) is 23.2 Å². The van der Waals surface area contributed by atoms with Crippen molar-refractivity contribution in [1.82, 2.24) is 0 Å². The van der Waals surface area contributed by atoms with E-state index in [4.69, 9.17) is 40.5 Å². The molecule has 0 aromatic heterocycles. The summed E-state index contributed by atoms with van der Waals surface area (Å²) >= 11 is 16.9. The summed E-state index contributed by atoms with van der Waals surface area (Å²) in [7, 11) is 0. The maximum atomic E-state index is 10.4. The van der Waals surface area contributed by atoms with Crippen molar-refractivity contribution in [3.63, 3.8) is 0 Å². The second-order valence-corrected chi connectivity index (χ2v) is 4.06. The van der Waals surface area contributed by atoms with Gasteiger partial charge in [-0.2, -0.15) is 0 Å². The maximum Gasteiger partial charge on any atom is 0.286 e. The number of hydrogen-bond acceptors (Lipinski definition) is 3. The van der Waals surface area contributed by atoms with Gasteiger partial charge in [0.2, 0.25) is 0 Å². The zero-order valence-corrected chi connectivity index (χ0v) is 8.47. The van der Waals surface area contributed by atoms with Crippen LogP contribution in [-0.4, -0.2) is 15.3 Å². The average molecular weight is 243 g/mol.